The first kappa shape index (κ1) is 20.1. The Morgan fingerprint density at radius 3 is 2.48 bits per heavy atom. The van der Waals surface area contributed by atoms with E-state index < -0.39 is 17.5 Å². The fourth-order valence-corrected chi connectivity index (χ4v) is 4.36. The van der Waals surface area contributed by atoms with E-state index in [0.717, 1.165) is 25.0 Å². The third-order valence-corrected chi connectivity index (χ3v) is 5.90. The van der Waals surface area contributed by atoms with Gasteiger partial charge in [0.1, 0.15) is 5.82 Å². The SMILES string of the molecule is CC(=O)N1CCCC(N)[C@@H]1CO[C@H]1CC[C@@H](c2c(F)ccc(F)c2F)CC1. The van der Waals surface area contributed by atoms with E-state index in [9.17, 15) is 18.0 Å². The molecule has 1 unspecified atom stereocenters. The minimum atomic E-state index is -1.08. The number of ether oxygens (including phenoxy) is 1. The van der Waals surface area contributed by atoms with Crippen molar-refractivity contribution in [2.24, 2.45) is 5.73 Å². The van der Waals surface area contributed by atoms with Gasteiger partial charge >= 0.3 is 0 Å². The predicted octanol–water partition coefficient (Wildman–Crippen LogP) is 3.48. The van der Waals surface area contributed by atoms with E-state index in [2.05, 4.69) is 0 Å². The summed E-state index contributed by atoms with van der Waals surface area (Å²) < 4.78 is 47.4. The number of amides is 1. The number of benzene rings is 1. The van der Waals surface area contributed by atoms with Crippen LogP contribution < -0.4 is 5.73 Å². The molecule has 0 bridgehead atoms. The topological polar surface area (TPSA) is 55.6 Å². The van der Waals surface area contributed by atoms with Crippen LogP contribution in [-0.4, -0.2) is 42.1 Å². The third kappa shape index (κ3) is 4.46. The quantitative estimate of drug-likeness (QED) is 0.809. The zero-order valence-electron chi connectivity index (χ0n) is 15.6. The van der Waals surface area contributed by atoms with Gasteiger partial charge in [0.05, 0.1) is 18.8 Å². The minimum absolute atomic E-state index is 0.000451. The molecule has 0 radical (unpaired) electrons. The first-order valence-corrected chi connectivity index (χ1v) is 9.66. The van der Waals surface area contributed by atoms with Gasteiger partial charge in [-0.1, -0.05) is 0 Å². The highest BCUT2D eigenvalue weighted by Crippen LogP contribution is 2.37. The lowest BCUT2D eigenvalue weighted by Crippen LogP contribution is -2.56. The minimum Gasteiger partial charge on any atom is -0.376 e. The number of likely N-dealkylation sites (tertiary alicyclic amines) is 1. The van der Waals surface area contributed by atoms with Crippen molar-refractivity contribution in [3.05, 3.63) is 35.1 Å². The molecule has 27 heavy (non-hydrogen) atoms. The maximum Gasteiger partial charge on any atom is 0.219 e. The van der Waals surface area contributed by atoms with E-state index in [4.69, 9.17) is 10.5 Å². The summed E-state index contributed by atoms with van der Waals surface area (Å²) in [5.41, 5.74) is 6.03. The van der Waals surface area contributed by atoms with Crippen molar-refractivity contribution in [1.82, 2.24) is 4.90 Å². The van der Waals surface area contributed by atoms with Gasteiger partial charge in [-0.05, 0) is 56.6 Å². The molecule has 1 aliphatic heterocycles. The Balaban J connectivity index is 1.56. The molecule has 1 saturated carbocycles. The molecule has 2 atom stereocenters. The maximum atomic E-state index is 14.0. The molecule has 4 nitrogen and oxygen atoms in total. The zero-order valence-corrected chi connectivity index (χ0v) is 15.6. The summed E-state index contributed by atoms with van der Waals surface area (Å²) in [7, 11) is 0. The van der Waals surface area contributed by atoms with Gasteiger partial charge in [-0.2, -0.15) is 0 Å². The first-order valence-electron chi connectivity index (χ1n) is 9.66. The fraction of sp³-hybridized carbons (Fsp3) is 0.650. The molecule has 7 heteroatoms. The highest BCUT2D eigenvalue weighted by atomic mass is 19.2. The molecule has 2 N–H and O–H groups in total. The fourth-order valence-electron chi connectivity index (χ4n) is 4.36. The van der Waals surface area contributed by atoms with Crippen LogP contribution in [0.2, 0.25) is 0 Å². The van der Waals surface area contributed by atoms with Crippen molar-refractivity contribution in [2.45, 2.75) is 69.6 Å². The Hall–Kier alpha value is -1.60. The lowest BCUT2D eigenvalue weighted by Gasteiger charge is -2.40. The summed E-state index contributed by atoms with van der Waals surface area (Å²) in [5, 5.41) is 0. The molecule has 3 rings (SSSR count). The monoisotopic (exact) mass is 384 g/mol. The summed E-state index contributed by atoms with van der Waals surface area (Å²) >= 11 is 0. The van der Waals surface area contributed by atoms with Crippen molar-refractivity contribution < 1.29 is 22.7 Å². The molecule has 2 fully saturated rings. The predicted molar refractivity (Wildman–Crippen MR) is 95.6 cm³/mol. The van der Waals surface area contributed by atoms with Crippen molar-refractivity contribution in [3.63, 3.8) is 0 Å². The van der Waals surface area contributed by atoms with E-state index in [0.29, 0.717) is 38.8 Å². The third-order valence-electron chi connectivity index (χ3n) is 5.90. The van der Waals surface area contributed by atoms with Crippen molar-refractivity contribution >= 4 is 5.91 Å². The number of nitrogens with zero attached hydrogens (tertiary/aromatic N) is 1. The van der Waals surface area contributed by atoms with Gasteiger partial charge in [-0.25, -0.2) is 13.2 Å². The average molecular weight is 384 g/mol. The Morgan fingerprint density at radius 1 is 1.15 bits per heavy atom. The summed E-state index contributed by atoms with van der Waals surface area (Å²) in [6.45, 7) is 2.61. The standard InChI is InChI=1S/C20H27F3N2O2/c1-12(26)25-10-2-3-17(24)18(25)11-27-14-6-4-13(5-7-14)19-15(21)8-9-16(22)20(19)23/h8-9,13-14,17-18H,2-7,10-11,24H2,1H3/t13-,14+,17?,18-/m0/s1. The molecule has 1 heterocycles. The van der Waals surface area contributed by atoms with Gasteiger partial charge in [0.2, 0.25) is 5.91 Å². The lowest BCUT2D eigenvalue weighted by atomic mass is 9.82. The van der Waals surface area contributed by atoms with Crippen LogP contribution in [0, 0.1) is 17.5 Å². The Bertz CT molecular complexity index is 677. The molecule has 150 valence electrons. The maximum absolute atomic E-state index is 14.0. The van der Waals surface area contributed by atoms with Crippen LogP contribution in [0.3, 0.4) is 0 Å². The van der Waals surface area contributed by atoms with Crippen molar-refractivity contribution in [3.8, 4) is 0 Å². The van der Waals surface area contributed by atoms with Crippen LogP contribution in [0.25, 0.3) is 0 Å². The second kappa shape index (κ2) is 8.61. The number of hydrogen-bond acceptors (Lipinski definition) is 3. The van der Waals surface area contributed by atoms with E-state index >= 15 is 0 Å². The first-order chi connectivity index (χ1) is 12.9. The van der Waals surface area contributed by atoms with Crippen LogP contribution in [0.5, 0.6) is 0 Å². The number of rotatable bonds is 4. The van der Waals surface area contributed by atoms with Gasteiger partial charge in [0.15, 0.2) is 11.6 Å². The van der Waals surface area contributed by atoms with E-state index in [1.807, 2.05) is 0 Å². The number of carbonyl (C=O) groups is 1. The van der Waals surface area contributed by atoms with Crippen LogP contribution in [0.4, 0.5) is 13.2 Å². The van der Waals surface area contributed by atoms with Gasteiger partial charge in [0, 0.05) is 25.1 Å². The Labute approximate surface area is 157 Å². The van der Waals surface area contributed by atoms with Crippen molar-refractivity contribution in [1.29, 1.82) is 0 Å². The van der Waals surface area contributed by atoms with Crippen LogP contribution >= 0.6 is 0 Å². The molecular formula is C20H27F3N2O2. The van der Waals surface area contributed by atoms with Gasteiger partial charge in [-0.3, -0.25) is 4.79 Å². The number of carbonyl (C=O) groups excluding carboxylic acids is 1. The number of nitrogens with two attached hydrogens (primary N) is 1. The molecule has 1 amide bonds. The summed E-state index contributed by atoms with van der Waals surface area (Å²) in [6, 6.07) is 1.57. The van der Waals surface area contributed by atoms with Gasteiger partial charge < -0.3 is 15.4 Å². The molecule has 1 aromatic rings. The van der Waals surface area contributed by atoms with Crippen LogP contribution in [0.15, 0.2) is 12.1 Å². The Kier molecular flexibility index (Phi) is 6.42. The highest BCUT2D eigenvalue weighted by molar-refractivity contribution is 5.73. The number of hydrogen-bond donors (Lipinski definition) is 1. The zero-order chi connectivity index (χ0) is 19.6. The number of piperidine rings is 1. The Morgan fingerprint density at radius 2 is 1.81 bits per heavy atom. The largest absolute Gasteiger partial charge is 0.376 e. The van der Waals surface area contributed by atoms with E-state index in [1.54, 1.807) is 11.8 Å². The molecule has 0 spiro atoms. The summed E-state index contributed by atoms with van der Waals surface area (Å²) in [4.78, 5) is 13.6. The molecule has 1 aliphatic carbocycles. The van der Waals surface area contributed by atoms with E-state index in [-0.39, 0.29) is 35.6 Å². The van der Waals surface area contributed by atoms with E-state index in [1.165, 1.54) is 0 Å². The second-order valence-corrected chi connectivity index (χ2v) is 7.65. The lowest BCUT2D eigenvalue weighted by molar-refractivity contribution is -0.135. The average Bonchev–Trinajstić information content (AvgIpc) is 2.65. The second-order valence-electron chi connectivity index (χ2n) is 7.65. The number of halogens is 3. The molecule has 0 aromatic heterocycles. The normalized spacial score (nSPS) is 29.0. The van der Waals surface area contributed by atoms with Gasteiger partial charge in [-0.15, -0.1) is 0 Å². The summed E-state index contributed by atoms with van der Waals surface area (Å²) in [5.74, 6) is -3.13. The van der Waals surface area contributed by atoms with Crippen molar-refractivity contribution in [2.75, 3.05) is 13.2 Å². The van der Waals surface area contributed by atoms with Crippen LogP contribution in [-0.2, 0) is 9.53 Å². The molecule has 1 saturated heterocycles. The van der Waals surface area contributed by atoms with Crippen LogP contribution in [0.1, 0.15) is 56.9 Å². The molecular weight excluding hydrogens is 357 g/mol. The molecule has 1 aromatic carbocycles. The summed E-state index contributed by atoms with van der Waals surface area (Å²) in [6.07, 6.45) is 4.08. The van der Waals surface area contributed by atoms with Gasteiger partial charge in [0.25, 0.3) is 0 Å². The highest BCUT2D eigenvalue weighted by Gasteiger charge is 2.33. The molecule has 2 aliphatic rings. The smallest absolute Gasteiger partial charge is 0.219 e.